The van der Waals surface area contributed by atoms with E-state index in [1.54, 1.807) is 14.2 Å². The van der Waals surface area contributed by atoms with E-state index in [0.717, 1.165) is 44.2 Å². The van der Waals surface area contributed by atoms with Gasteiger partial charge in [0, 0.05) is 38.3 Å². The molecular formula is C28H35N3O3. The number of ether oxygens (including phenoxy) is 3. The normalized spacial score (nSPS) is 17.0. The Hall–Kier alpha value is -3.09. The van der Waals surface area contributed by atoms with Gasteiger partial charge in [0.15, 0.2) is 5.75 Å². The average molecular weight is 462 g/mol. The van der Waals surface area contributed by atoms with Gasteiger partial charge >= 0.3 is 0 Å². The predicted molar refractivity (Wildman–Crippen MR) is 134 cm³/mol. The topological polar surface area (TPSA) is 47.1 Å². The fourth-order valence-electron chi connectivity index (χ4n) is 4.52. The van der Waals surface area contributed by atoms with Crippen LogP contribution in [0.4, 0.5) is 0 Å². The van der Waals surface area contributed by atoms with Gasteiger partial charge < -0.3 is 14.2 Å². The zero-order valence-electron chi connectivity index (χ0n) is 20.6. The number of hydrogen-bond donors (Lipinski definition) is 0. The second-order valence-electron chi connectivity index (χ2n) is 8.93. The first-order chi connectivity index (χ1) is 16.6. The van der Waals surface area contributed by atoms with E-state index in [0.29, 0.717) is 11.6 Å². The highest BCUT2D eigenvalue weighted by Crippen LogP contribution is 2.34. The van der Waals surface area contributed by atoms with Crippen molar-refractivity contribution in [2.24, 2.45) is 0 Å². The van der Waals surface area contributed by atoms with E-state index in [9.17, 15) is 0 Å². The molecule has 1 saturated heterocycles. The number of benzene rings is 2. The number of hydrogen-bond acceptors (Lipinski definition) is 6. The smallest absolute Gasteiger partial charge is 0.257 e. The summed E-state index contributed by atoms with van der Waals surface area (Å²) in [5.41, 5.74) is 3.53. The Morgan fingerprint density at radius 3 is 2.35 bits per heavy atom. The number of para-hydroxylation sites is 1. The van der Waals surface area contributed by atoms with Gasteiger partial charge in [0.05, 0.1) is 32.1 Å². The fourth-order valence-corrected chi connectivity index (χ4v) is 4.52. The SMILES string of the molecule is COc1ccc(CN2CCN(Cc3ccccc3)[C@@H](c3ccccc3OC(C)C)C2)nc1OC. The lowest BCUT2D eigenvalue weighted by Crippen LogP contribution is -2.47. The van der Waals surface area contributed by atoms with Crippen LogP contribution in [0.2, 0.25) is 0 Å². The summed E-state index contributed by atoms with van der Waals surface area (Å²) in [5.74, 6) is 2.14. The number of methoxy groups -OCH3 is 2. The summed E-state index contributed by atoms with van der Waals surface area (Å²) < 4.78 is 17.0. The zero-order chi connectivity index (χ0) is 23.9. The van der Waals surface area contributed by atoms with Gasteiger partial charge in [-0.05, 0) is 37.6 Å². The van der Waals surface area contributed by atoms with Crippen molar-refractivity contribution < 1.29 is 14.2 Å². The van der Waals surface area contributed by atoms with Crippen molar-refractivity contribution in [2.75, 3.05) is 33.9 Å². The van der Waals surface area contributed by atoms with Crippen LogP contribution in [0.25, 0.3) is 0 Å². The van der Waals surface area contributed by atoms with Gasteiger partial charge in [0.2, 0.25) is 0 Å². The van der Waals surface area contributed by atoms with Crippen LogP contribution >= 0.6 is 0 Å². The molecule has 0 saturated carbocycles. The van der Waals surface area contributed by atoms with E-state index in [1.165, 1.54) is 11.1 Å². The van der Waals surface area contributed by atoms with E-state index in [-0.39, 0.29) is 12.1 Å². The fraction of sp³-hybridized carbons (Fsp3) is 0.393. The molecule has 2 aromatic carbocycles. The van der Waals surface area contributed by atoms with Crippen LogP contribution < -0.4 is 14.2 Å². The summed E-state index contributed by atoms with van der Waals surface area (Å²) in [4.78, 5) is 9.70. The summed E-state index contributed by atoms with van der Waals surface area (Å²) in [6, 6.07) is 23.3. The molecule has 6 nitrogen and oxygen atoms in total. The number of pyridine rings is 1. The molecule has 6 heteroatoms. The number of aromatic nitrogens is 1. The molecule has 0 N–H and O–H groups in total. The standard InChI is InChI=1S/C28H35N3O3/c1-21(2)34-26-13-9-8-12-24(26)25-20-30(16-17-31(25)18-22-10-6-5-7-11-22)19-23-14-15-27(32-3)28(29-23)33-4/h5-15,21,25H,16-20H2,1-4H3/t25-/m1/s1. The van der Waals surface area contributed by atoms with E-state index in [2.05, 4.69) is 83.2 Å². The summed E-state index contributed by atoms with van der Waals surface area (Å²) in [6.45, 7) is 8.63. The van der Waals surface area contributed by atoms with Crippen LogP contribution in [0.15, 0.2) is 66.7 Å². The molecule has 3 aromatic rings. The molecule has 0 radical (unpaired) electrons. The molecule has 0 aliphatic carbocycles. The van der Waals surface area contributed by atoms with Gasteiger partial charge in [-0.3, -0.25) is 9.80 Å². The molecule has 0 spiro atoms. The molecule has 2 heterocycles. The van der Waals surface area contributed by atoms with Gasteiger partial charge in [-0.15, -0.1) is 0 Å². The van der Waals surface area contributed by atoms with Gasteiger partial charge in [-0.2, -0.15) is 0 Å². The van der Waals surface area contributed by atoms with Crippen LogP contribution in [-0.2, 0) is 13.1 Å². The highest BCUT2D eigenvalue weighted by Gasteiger charge is 2.30. The third kappa shape index (κ3) is 5.88. The maximum Gasteiger partial charge on any atom is 0.257 e. The average Bonchev–Trinajstić information content (AvgIpc) is 2.85. The Morgan fingerprint density at radius 2 is 1.62 bits per heavy atom. The van der Waals surface area contributed by atoms with Crippen LogP contribution in [-0.4, -0.2) is 54.7 Å². The second-order valence-corrected chi connectivity index (χ2v) is 8.93. The number of rotatable bonds is 9. The Kier molecular flexibility index (Phi) is 8.03. The molecule has 180 valence electrons. The third-order valence-corrected chi connectivity index (χ3v) is 6.13. The second kappa shape index (κ2) is 11.4. The monoisotopic (exact) mass is 461 g/mol. The van der Waals surface area contributed by atoms with Crippen molar-refractivity contribution in [2.45, 2.75) is 39.1 Å². The summed E-state index contributed by atoms with van der Waals surface area (Å²) in [6.07, 6.45) is 0.124. The lowest BCUT2D eigenvalue weighted by Gasteiger charge is -2.42. The van der Waals surface area contributed by atoms with Gasteiger partial charge in [0.1, 0.15) is 5.75 Å². The first kappa shape index (κ1) is 24.0. The minimum Gasteiger partial charge on any atom is -0.491 e. The highest BCUT2D eigenvalue weighted by molar-refractivity contribution is 5.37. The van der Waals surface area contributed by atoms with Crippen molar-refractivity contribution in [1.82, 2.24) is 14.8 Å². The van der Waals surface area contributed by atoms with Crippen LogP contribution in [0.5, 0.6) is 17.4 Å². The Balaban J connectivity index is 1.59. The maximum atomic E-state index is 6.22. The zero-order valence-corrected chi connectivity index (χ0v) is 20.6. The van der Waals surface area contributed by atoms with Crippen LogP contribution in [0.1, 0.15) is 36.7 Å². The lowest BCUT2D eigenvalue weighted by molar-refractivity contribution is 0.0605. The van der Waals surface area contributed by atoms with Crippen molar-refractivity contribution >= 4 is 0 Å². The molecule has 1 aliphatic rings. The van der Waals surface area contributed by atoms with Crippen molar-refractivity contribution in [1.29, 1.82) is 0 Å². The molecule has 1 atom stereocenters. The van der Waals surface area contributed by atoms with Gasteiger partial charge in [-0.25, -0.2) is 4.98 Å². The van der Waals surface area contributed by atoms with Crippen molar-refractivity contribution in [3.63, 3.8) is 0 Å². The minimum absolute atomic E-state index is 0.124. The molecular weight excluding hydrogens is 426 g/mol. The van der Waals surface area contributed by atoms with E-state index in [1.807, 2.05) is 12.1 Å². The van der Waals surface area contributed by atoms with Crippen molar-refractivity contribution in [3.8, 4) is 17.4 Å². The quantitative estimate of drug-likeness (QED) is 0.450. The largest absolute Gasteiger partial charge is 0.491 e. The summed E-state index contributed by atoms with van der Waals surface area (Å²) >= 11 is 0. The number of nitrogens with zero attached hydrogens (tertiary/aromatic N) is 3. The predicted octanol–water partition coefficient (Wildman–Crippen LogP) is 4.95. The van der Waals surface area contributed by atoms with Gasteiger partial charge in [-0.1, -0.05) is 48.5 Å². The molecule has 1 aliphatic heterocycles. The molecule has 0 amide bonds. The van der Waals surface area contributed by atoms with E-state index < -0.39 is 0 Å². The summed E-state index contributed by atoms with van der Waals surface area (Å²) in [5, 5.41) is 0. The Bertz CT molecular complexity index is 1060. The lowest BCUT2D eigenvalue weighted by atomic mass is 9.99. The molecule has 0 unspecified atom stereocenters. The minimum atomic E-state index is 0.124. The highest BCUT2D eigenvalue weighted by atomic mass is 16.5. The molecule has 4 rings (SSSR count). The maximum absolute atomic E-state index is 6.22. The van der Waals surface area contributed by atoms with Crippen LogP contribution in [0, 0.1) is 0 Å². The summed E-state index contributed by atoms with van der Waals surface area (Å²) in [7, 11) is 3.26. The Morgan fingerprint density at radius 1 is 0.853 bits per heavy atom. The first-order valence-corrected chi connectivity index (χ1v) is 11.9. The van der Waals surface area contributed by atoms with E-state index in [4.69, 9.17) is 14.2 Å². The van der Waals surface area contributed by atoms with Crippen molar-refractivity contribution in [3.05, 3.63) is 83.6 Å². The Labute approximate surface area is 203 Å². The molecule has 1 fully saturated rings. The molecule has 1 aromatic heterocycles. The van der Waals surface area contributed by atoms with E-state index >= 15 is 0 Å². The van der Waals surface area contributed by atoms with Gasteiger partial charge in [0.25, 0.3) is 5.88 Å². The first-order valence-electron chi connectivity index (χ1n) is 11.9. The molecule has 34 heavy (non-hydrogen) atoms. The number of piperazine rings is 1. The van der Waals surface area contributed by atoms with Crippen LogP contribution in [0.3, 0.4) is 0 Å². The third-order valence-electron chi connectivity index (χ3n) is 6.13. The molecule has 0 bridgehead atoms.